The summed E-state index contributed by atoms with van der Waals surface area (Å²) in [6, 6.07) is 4.04. The van der Waals surface area contributed by atoms with Crippen molar-refractivity contribution in [3.05, 3.63) is 29.3 Å². The lowest BCUT2D eigenvalue weighted by Gasteiger charge is -2.26. The lowest BCUT2D eigenvalue weighted by molar-refractivity contribution is -0.139. The van der Waals surface area contributed by atoms with Gasteiger partial charge in [-0.05, 0) is 43.4 Å². The summed E-state index contributed by atoms with van der Waals surface area (Å²) in [7, 11) is 1.00. The Morgan fingerprint density at radius 1 is 1.10 bits per heavy atom. The highest BCUT2D eigenvalue weighted by Gasteiger charge is 2.35. The van der Waals surface area contributed by atoms with E-state index in [1.807, 2.05) is 0 Å². The molecule has 0 heterocycles. The number of aliphatic hydroxyl groups is 2. The molecule has 0 spiro atoms. The first-order valence-electron chi connectivity index (χ1n) is 10.4. The van der Waals surface area contributed by atoms with Gasteiger partial charge >= 0.3 is 6.18 Å². The number of ether oxygens (including phenoxy) is 1. The number of aryl methyl sites for hydroxylation is 1. The fraction of sp³-hybridized carbons (Fsp3) is 0.682. The van der Waals surface area contributed by atoms with Crippen LogP contribution in [-0.4, -0.2) is 42.4 Å². The minimum Gasteiger partial charge on any atom is -0.493 e. The van der Waals surface area contributed by atoms with Gasteiger partial charge in [0.15, 0.2) is 0 Å². The maximum absolute atomic E-state index is 13.4. The van der Waals surface area contributed by atoms with Crippen LogP contribution in [0.15, 0.2) is 18.2 Å². The van der Waals surface area contributed by atoms with E-state index >= 15 is 0 Å². The molecule has 0 bridgehead atoms. The third-order valence-electron chi connectivity index (χ3n) is 4.84. The number of unbranched alkanes of at least 4 members (excludes halogenated alkanes) is 4. The zero-order chi connectivity index (χ0) is 23.0. The van der Waals surface area contributed by atoms with E-state index in [0.717, 1.165) is 45.3 Å². The molecule has 1 aromatic carbocycles. The fourth-order valence-electron chi connectivity index (χ4n) is 2.99. The van der Waals surface area contributed by atoms with Gasteiger partial charge in [0.1, 0.15) is 12.0 Å². The van der Waals surface area contributed by atoms with Crippen LogP contribution in [0.1, 0.15) is 69.4 Å². The number of carbonyl (C=O) groups is 1. The van der Waals surface area contributed by atoms with Gasteiger partial charge in [-0.1, -0.05) is 38.7 Å². The van der Waals surface area contributed by atoms with Gasteiger partial charge in [0.2, 0.25) is 0 Å². The second-order valence-electron chi connectivity index (χ2n) is 7.32. The van der Waals surface area contributed by atoms with Gasteiger partial charge in [-0.3, -0.25) is 0 Å². The first-order valence-corrected chi connectivity index (χ1v) is 10.4. The van der Waals surface area contributed by atoms with Crippen molar-refractivity contribution in [1.29, 1.82) is 0 Å². The van der Waals surface area contributed by atoms with Crippen molar-refractivity contribution < 1.29 is 32.9 Å². The highest BCUT2D eigenvalue weighted by molar-refractivity contribution is 5.49. The molecule has 0 saturated carbocycles. The third kappa shape index (κ3) is 10.9. The molecule has 0 amide bonds. The molecule has 0 aromatic heterocycles. The number of rotatable bonds is 14. The number of nitrogens with two attached hydrogens (primary N) is 1. The normalized spacial score (nSPS) is 13.2. The molecule has 0 fully saturated rings. The van der Waals surface area contributed by atoms with Crippen molar-refractivity contribution in [2.45, 2.75) is 76.4 Å². The van der Waals surface area contributed by atoms with Gasteiger partial charge in [-0.15, -0.1) is 0 Å². The molecule has 8 heteroatoms. The molecule has 1 aromatic rings. The first kappa shape index (κ1) is 28.4. The van der Waals surface area contributed by atoms with Gasteiger partial charge in [-0.2, -0.15) is 13.2 Å². The summed E-state index contributed by atoms with van der Waals surface area (Å²) in [5.74, 6) is -0.158. The molecular weight excluding hydrogens is 399 g/mol. The van der Waals surface area contributed by atoms with E-state index in [9.17, 15) is 23.1 Å². The summed E-state index contributed by atoms with van der Waals surface area (Å²) < 4.78 is 45.7. The lowest BCUT2D eigenvalue weighted by atomic mass is 9.88. The van der Waals surface area contributed by atoms with Gasteiger partial charge in [0.05, 0.1) is 18.8 Å². The number of alkyl halides is 3. The molecule has 4 N–H and O–H groups in total. The minimum atomic E-state index is -4.51. The molecule has 5 nitrogen and oxygen atoms in total. The summed E-state index contributed by atoms with van der Waals surface area (Å²) >= 11 is 0. The van der Waals surface area contributed by atoms with Crippen LogP contribution in [0.2, 0.25) is 0 Å². The van der Waals surface area contributed by atoms with E-state index < -0.39 is 17.3 Å². The summed E-state index contributed by atoms with van der Waals surface area (Å²) in [4.78, 5) is 10.5. The highest BCUT2D eigenvalue weighted by Crippen LogP contribution is 2.37. The smallest absolute Gasteiger partial charge is 0.419 e. The van der Waals surface area contributed by atoms with Crippen LogP contribution >= 0.6 is 0 Å². The maximum Gasteiger partial charge on any atom is 0.419 e. The van der Waals surface area contributed by atoms with Gasteiger partial charge in [0, 0.05) is 19.1 Å². The zero-order valence-electron chi connectivity index (χ0n) is 18.0. The van der Waals surface area contributed by atoms with Crippen molar-refractivity contribution >= 4 is 6.29 Å². The van der Waals surface area contributed by atoms with Crippen LogP contribution in [0.25, 0.3) is 0 Å². The van der Waals surface area contributed by atoms with E-state index in [1.54, 1.807) is 6.07 Å². The van der Waals surface area contributed by atoms with Crippen LogP contribution in [-0.2, 0) is 17.4 Å². The van der Waals surface area contributed by atoms with E-state index in [-0.39, 0.29) is 38.2 Å². The van der Waals surface area contributed by atoms with Crippen molar-refractivity contribution in [2.24, 2.45) is 5.73 Å². The van der Waals surface area contributed by atoms with E-state index in [1.165, 1.54) is 6.07 Å². The van der Waals surface area contributed by atoms with Crippen LogP contribution < -0.4 is 10.5 Å². The molecule has 30 heavy (non-hydrogen) atoms. The highest BCUT2D eigenvalue weighted by atomic mass is 19.4. The summed E-state index contributed by atoms with van der Waals surface area (Å²) in [5.41, 5.74) is 4.74. The number of aldehydes is 1. The molecule has 1 atom stereocenters. The van der Waals surface area contributed by atoms with Crippen LogP contribution in [0.5, 0.6) is 5.75 Å². The monoisotopic (exact) mass is 435 g/mol. The van der Waals surface area contributed by atoms with E-state index in [4.69, 9.17) is 15.6 Å². The molecule has 1 unspecified atom stereocenters. The van der Waals surface area contributed by atoms with Crippen LogP contribution in [0, 0.1) is 0 Å². The first-order chi connectivity index (χ1) is 14.3. The Hall–Kier alpha value is -1.64. The number of aliphatic hydroxyl groups excluding tert-OH is 2. The molecule has 0 aliphatic heterocycles. The maximum atomic E-state index is 13.4. The Labute approximate surface area is 177 Å². The van der Waals surface area contributed by atoms with Crippen molar-refractivity contribution in [3.63, 3.8) is 0 Å². The van der Waals surface area contributed by atoms with E-state index in [2.05, 4.69) is 6.92 Å². The Kier molecular flexibility index (Phi) is 14.4. The molecular formula is C22H36F3NO4. The second-order valence-corrected chi connectivity index (χ2v) is 7.32. The summed E-state index contributed by atoms with van der Waals surface area (Å²) in [6.07, 6.45) is 2.20. The molecule has 174 valence electrons. The average Bonchev–Trinajstić information content (AvgIpc) is 2.74. The lowest BCUT2D eigenvalue weighted by Crippen LogP contribution is -2.44. The standard InChI is InChI=1S/C21H32F3NO3.CH4O/c1-2-3-4-5-6-14-28-19-9-8-17(15-18(19)21(22,23)24)10-12-20(25,16-27)11-7-13-26;1-2/h8-9,13,15,27H,2-7,10-12,14,16,25H2,1H3;2H,1H3. The number of halogens is 3. The van der Waals surface area contributed by atoms with Gasteiger partial charge in [0.25, 0.3) is 0 Å². The topological polar surface area (TPSA) is 92.8 Å². The fourth-order valence-corrected chi connectivity index (χ4v) is 2.99. The number of carbonyl (C=O) groups excluding carboxylic acids is 1. The number of benzene rings is 1. The Bertz CT molecular complexity index is 596. The predicted molar refractivity (Wildman–Crippen MR) is 111 cm³/mol. The number of hydrogen-bond acceptors (Lipinski definition) is 5. The molecule has 0 saturated heterocycles. The Morgan fingerprint density at radius 3 is 2.33 bits per heavy atom. The average molecular weight is 436 g/mol. The van der Waals surface area contributed by atoms with Gasteiger partial charge < -0.3 is 25.5 Å². The van der Waals surface area contributed by atoms with Crippen molar-refractivity contribution in [3.8, 4) is 5.75 Å². The number of hydrogen-bond donors (Lipinski definition) is 3. The molecule has 0 aliphatic rings. The summed E-state index contributed by atoms with van der Waals surface area (Å²) in [5, 5.41) is 16.5. The summed E-state index contributed by atoms with van der Waals surface area (Å²) in [6.45, 7) is 2.03. The van der Waals surface area contributed by atoms with Crippen LogP contribution in [0.4, 0.5) is 13.2 Å². The molecule has 1 rings (SSSR count). The Morgan fingerprint density at radius 2 is 1.77 bits per heavy atom. The minimum absolute atomic E-state index is 0.158. The SMILES string of the molecule is CCCCCCCOc1ccc(CCC(N)(CO)CCC=O)cc1C(F)(F)F.CO. The van der Waals surface area contributed by atoms with E-state index in [0.29, 0.717) is 18.3 Å². The predicted octanol–water partition coefficient (Wildman–Crippen LogP) is 4.26. The van der Waals surface area contributed by atoms with Gasteiger partial charge in [-0.25, -0.2) is 0 Å². The van der Waals surface area contributed by atoms with Crippen molar-refractivity contribution in [1.82, 2.24) is 0 Å². The molecule has 0 aliphatic carbocycles. The van der Waals surface area contributed by atoms with Crippen LogP contribution in [0.3, 0.4) is 0 Å². The third-order valence-corrected chi connectivity index (χ3v) is 4.84. The quantitative estimate of drug-likeness (QED) is 0.300. The second kappa shape index (κ2) is 15.2. The zero-order valence-corrected chi connectivity index (χ0v) is 18.0. The largest absolute Gasteiger partial charge is 0.493 e. The Balaban J connectivity index is 0.00000407. The van der Waals surface area contributed by atoms with Crippen molar-refractivity contribution in [2.75, 3.05) is 20.3 Å². The molecule has 0 radical (unpaired) electrons.